The van der Waals surface area contributed by atoms with Gasteiger partial charge in [-0.2, -0.15) is 10.2 Å². The van der Waals surface area contributed by atoms with E-state index in [1.807, 2.05) is 31.2 Å². The molecule has 0 heterocycles. The van der Waals surface area contributed by atoms with E-state index in [1.54, 1.807) is 18.2 Å². The molecular formula is C19H21BrClN3O2. The number of aliphatic imine (C=N–C) groups is 1. The summed E-state index contributed by atoms with van der Waals surface area (Å²) in [4.78, 5) is 3.74. The average Bonchev–Trinajstić information content (AvgIpc) is 2.64. The van der Waals surface area contributed by atoms with E-state index in [-0.39, 0.29) is 19.4 Å². The first kappa shape index (κ1) is 22.2. The maximum atomic E-state index is 9.16. The van der Waals surface area contributed by atoms with E-state index in [4.69, 9.17) is 21.4 Å². The van der Waals surface area contributed by atoms with Crippen molar-refractivity contribution in [3.8, 4) is 0 Å². The van der Waals surface area contributed by atoms with Gasteiger partial charge in [0.2, 0.25) is 0 Å². The van der Waals surface area contributed by atoms with Crippen LogP contribution in [0.3, 0.4) is 0 Å². The first-order valence-corrected chi connectivity index (χ1v) is 8.89. The Morgan fingerprint density at radius 1 is 1.38 bits per heavy atom. The van der Waals surface area contributed by atoms with Gasteiger partial charge in [-0.15, -0.1) is 0 Å². The topological polar surface area (TPSA) is 66.5 Å². The first-order chi connectivity index (χ1) is 12.5. The van der Waals surface area contributed by atoms with Gasteiger partial charge in [0.15, 0.2) is 6.73 Å². The number of aliphatic hydroxyl groups excluding tert-OH is 1. The molecule has 0 aliphatic heterocycles. The van der Waals surface area contributed by atoms with E-state index in [2.05, 4.69) is 44.4 Å². The number of ether oxygens (including phenoxy) is 1. The maximum Gasteiger partial charge on any atom is 0.159 e. The molecule has 1 atom stereocenters. The minimum Gasteiger partial charge on any atom is -0.391 e. The van der Waals surface area contributed by atoms with Gasteiger partial charge in [0, 0.05) is 15.1 Å². The van der Waals surface area contributed by atoms with Crippen LogP contribution in [-0.2, 0) is 4.74 Å². The van der Waals surface area contributed by atoms with Gasteiger partial charge in [0.25, 0.3) is 0 Å². The number of halogens is 2. The third kappa shape index (κ3) is 8.01. The fourth-order valence-electron chi connectivity index (χ4n) is 1.87. The Bertz CT molecular complexity index is 725. The highest BCUT2D eigenvalue weighted by molar-refractivity contribution is 9.11. The van der Waals surface area contributed by atoms with Crippen LogP contribution in [0.1, 0.15) is 18.6 Å². The molecule has 0 radical (unpaired) electrons. The molecule has 0 aliphatic rings. The summed E-state index contributed by atoms with van der Waals surface area (Å²) in [6.45, 7) is 8.97. The van der Waals surface area contributed by atoms with Crippen LogP contribution in [0, 0.1) is 0 Å². The predicted molar refractivity (Wildman–Crippen MR) is 111 cm³/mol. The zero-order valence-electron chi connectivity index (χ0n) is 14.5. The Morgan fingerprint density at radius 2 is 2.08 bits per heavy atom. The summed E-state index contributed by atoms with van der Waals surface area (Å²) < 4.78 is 6.24. The van der Waals surface area contributed by atoms with Crippen LogP contribution in [0.5, 0.6) is 0 Å². The Hall–Kier alpha value is -1.86. The largest absolute Gasteiger partial charge is 0.391 e. The van der Waals surface area contributed by atoms with Gasteiger partial charge in [-0.1, -0.05) is 58.4 Å². The van der Waals surface area contributed by atoms with Gasteiger partial charge < -0.3 is 9.84 Å². The Kier molecular flexibility index (Phi) is 10.7. The van der Waals surface area contributed by atoms with Crippen molar-refractivity contribution in [1.82, 2.24) is 0 Å². The fraction of sp³-hybridized carbons (Fsp3) is 0.211. The molecule has 26 heavy (non-hydrogen) atoms. The number of hydrogen-bond donors (Lipinski definition) is 1. The Morgan fingerprint density at radius 3 is 2.65 bits per heavy atom. The minimum atomic E-state index is -0.150. The number of allylic oxidation sites excluding steroid dienone is 3. The maximum absolute atomic E-state index is 9.16. The molecule has 1 rings (SSSR count). The lowest BCUT2D eigenvalue weighted by molar-refractivity contribution is 0.0688. The monoisotopic (exact) mass is 437 g/mol. The van der Waals surface area contributed by atoms with Crippen molar-refractivity contribution in [3.05, 3.63) is 81.6 Å². The summed E-state index contributed by atoms with van der Waals surface area (Å²) in [6, 6.07) is 7.43. The number of nitrogens with zero attached hydrogens (tertiary/aromatic N) is 3. The van der Waals surface area contributed by atoms with Gasteiger partial charge in [-0.05, 0) is 37.4 Å². The highest BCUT2D eigenvalue weighted by Crippen LogP contribution is 2.21. The molecule has 0 bridgehead atoms. The average molecular weight is 439 g/mol. The number of azo groups is 1. The lowest BCUT2D eigenvalue weighted by Crippen LogP contribution is -1.99. The summed E-state index contributed by atoms with van der Waals surface area (Å²) in [7, 11) is 0. The zero-order chi connectivity index (χ0) is 19.4. The van der Waals surface area contributed by atoms with Crippen LogP contribution >= 0.6 is 27.5 Å². The van der Waals surface area contributed by atoms with Crippen LogP contribution in [0.15, 0.2) is 86.2 Å². The van der Waals surface area contributed by atoms with Crippen molar-refractivity contribution in [2.75, 3.05) is 13.3 Å². The second kappa shape index (κ2) is 12.5. The standard InChI is InChI=1S/C19H21BrClN3O2/c1-4-5-16(10-17(20)12-25)19(11-22-3)24-23-13-26-14(2)15-6-8-18(21)9-7-15/h4-11,14,25H,1,3,12-13H2,2H3/b16-5+,17-10+,19-11-,24-23?. The predicted octanol–water partition coefficient (Wildman–Crippen LogP) is 5.75. The summed E-state index contributed by atoms with van der Waals surface area (Å²) in [5.74, 6) is 0. The molecule has 1 aromatic carbocycles. The zero-order valence-corrected chi connectivity index (χ0v) is 16.8. The molecule has 138 valence electrons. The number of rotatable bonds is 10. The smallest absolute Gasteiger partial charge is 0.159 e. The molecular weight excluding hydrogens is 418 g/mol. The molecule has 0 fully saturated rings. The minimum absolute atomic E-state index is 0.0739. The summed E-state index contributed by atoms with van der Waals surface area (Å²) in [6.07, 6.45) is 6.35. The van der Waals surface area contributed by atoms with E-state index in [1.165, 1.54) is 6.20 Å². The summed E-state index contributed by atoms with van der Waals surface area (Å²) in [5.41, 5.74) is 2.13. The second-order valence-corrected chi connectivity index (χ2v) is 6.49. The molecule has 0 saturated carbocycles. The number of benzene rings is 1. The van der Waals surface area contributed by atoms with Gasteiger partial charge in [-0.3, -0.25) is 4.99 Å². The molecule has 1 aromatic rings. The van der Waals surface area contributed by atoms with Crippen molar-refractivity contribution in [3.63, 3.8) is 0 Å². The van der Waals surface area contributed by atoms with Crippen molar-refractivity contribution < 1.29 is 9.84 Å². The highest BCUT2D eigenvalue weighted by Gasteiger charge is 2.06. The van der Waals surface area contributed by atoms with E-state index < -0.39 is 0 Å². The normalized spacial score (nSPS) is 14.5. The van der Waals surface area contributed by atoms with Crippen molar-refractivity contribution in [1.29, 1.82) is 0 Å². The Labute approximate surface area is 167 Å². The molecule has 1 N–H and O–H groups in total. The highest BCUT2D eigenvalue weighted by atomic mass is 79.9. The van der Waals surface area contributed by atoms with Crippen molar-refractivity contribution in [2.24, 2.45) is 15.2 Å². The van der Waals surface area contributed by atoms with Crippen LogP contribution in [0.4, 0.5) is 0 Å². The SMILES string of the molecule is C=C/C=C(\C=C(\Br)CO)C(=C/N=C)/N=NCOC(C)c1ccc(Cl)cc1. The molecule has 1 unspecified atom stereocenters. The quantitative estimate of drug-likeness (QED) is 0.287. The van der Waals surface area contributed by atoms with Gasteiger partial charge in [-0.25, -0.2) is 0 Å². The molecule has 0 saturated heterocycles. The van der Waals surface area contributed by atoms with Crippen molar-refractivity contribution in [2.45, 2.75) is 13.0 Å². The fourth-order valence-corrected chi connectivity index (χ4v) is 2.25. The molecule has 5 nitrogen and oxygen atoms in total. The van der Waals surface area contributed by atoms with Gasteiger partial charge in [0.05, 0.1) is 18.9 Å². The van der Waals surface area contributed by atoms with Crippen LogP contribution < -0.4 is 0 Å². The van der Waals surface area contributed by atoms with Gasteiger partial charge >= 0.3 is 0 Å². The molecule has 0 amide bonds. The third-order valence-electron chi connectivity index (χ3n) is 3.17. The molecule has 0 aromatic heterocycles. The number of aliphatic hydroxyl groups is 1. The van der Waals surface area contributed by atoms with Crippen LogP contribution in [0.25, 0.3) is 0 Å². The molecule has 7 heteroatoms. The lowest BCUT2D eigenvalue weighted by atomic mass is 10.1. The second-order valence-electron chi connectivity index (χ2n) is 5.03. The summed E-state index contributed by atoms with van der Waals surface area (Å²) in [5, 5.41) is 18.0. The lowest BCUT2D eigenvalue weighted by Gasteiger charge is -2.11. The van der Waals surface area contributed by atoms with E-state index in [9.17, 15) is 0 Å². The van der Waals surface area contributed by atoms with E-state index in [0.717, 1.165) is 5.56 Å². The third-order valence-corrected chi connectivity index (χ3v) is 3.90. The van der Waals surface area contributed by atoms with E-state index >= 15 is 0 Å². The Balaban J connectivity index is 2.79. The van der Waals surface area contributed by atoms with E-state index in [0.29, 0.717) is 20.8 Å². The van der Waals surface area contributed by atoms with Crippen LogP contribution in [0.2, 0.25) is 5.02 Å². The van der Waals surface area contributed by atoms with Gasteiger partial charge in [0.1, 0.15) is 5.70 Å². The summed E-state index contributed by atoms with van der Waals surface area (Å²) >= 11 is 9.13. The van der Waals surface area contributed by atoms with Crippen molar-refractivity contribution >= 4 is 34.2 Å². The molecule has 0 aliphatic carbocycles. The molecule has 0 spiro atoms. The van der Waals surface area contributed by atoms with Crippen LogP contribution in [-0.4, -0.2) is 25.2 Å². The first-order valence-electron chi connectivity index (χ1n) is 7.72. The number of hydrogen-bond acceptors (Lipinski definition) is 5.